The highest BCUT2D eigenvalue weighted by atomic mass is 32.2. The van der Waals surface area contributed by atoms with Crippen molar-refractivity contribution in [2.45, 2.75) is 50.3 Å². The van der Waals surface area contributed by atoms with Crippen molar-refractivity contribution in [3.63, 3.8) is 0 Å². The van der Waals surface area contributed by atoms with Gasteiger partial charge >= 0.3 is 0 Å². The predicted octanol–water partition coefficient (Wildman–Crippen LogP) is 3.28. The van der Waals surface area contributed by atoms with E-state index in [9.17, 15) is 0 Å². The molecule has 1 saturated carbocycles. The van der Waals surface area contributed by atoms with E-state index in [1.54, 1.807) is 7.11 Å². The molecule has 0 unspecified atom stereocenters. The maximum atomic E-state index is 8.96. The van der Waals surface area contributed by atoms with Crippen LogP contribution in [0.2, 0.25) is 0 Å². The molecule has 1 saturated heterocycles. The molecule has 162 valence electrons. The van der Waals surface area contributed by atoms with Gasteiger partial charge in [0.1, 0.15) is 6.61 Å². The molecular weight excluding hydrogens is 386 g/mol. The number of aliphatic hydroxyl groups excluding tert-OH is 1. The molecule has 1 spiro atoms. The molecule has 0 atom stereocenters. The van der Waals surface area contributed by atoms with Crippen LogP contribution >= 0.6 is 11.8 Å². The highest BCUT2D eigenvalue weighted by molar-refractivity contribution is 8.00. The number of nitrogens with one attached hydrogen (secondary N) is 1. The average molecular weight is 422 g/mol. The fourth-order valence-corrected chi connectivity index (χ4v) is 5.77. The van der Waals surface area contributed by atoms with E-state index in [0.29, 0.717) is 22.8 Å². The summed E-state index contributed by atoms with van der Waals surface area (Å²) in [5, 5.41) is 12.5. The van der Waals surface area contributed by atoms with Crippen LogP contribution < -0.4 is 14.8 Å². The summed E-state index contributed by atoms with van der Waals surface area (Å²) >= 11 is 2.18. The van der Waals surface area contributed by atoms with Crippen molar-refractivity contribution >= 4 is 17.7 Å². The molecule has 1 heterocycles. The van der Waals surface area contributed by atoms with Crippen LogP contribution in [0, 0.1) is 0 Å². The minimum absolute atomic E-state index is 0.0170. The fourth-order valence-electron chi connectivity index (χ4n) is 4.20. The maximum Gasteiger partial charge on any atom is 0.194 e. The number of nitrogens with zero attached hydrogens (tertiary/aromatic N) is 2. The minimum Gasteiger partial charge on any atom is -0.493 e. The zero-order valence-corrected chi connectivity index (χ0v) is 18.6. The Labute approximate surface area is 179 Å². The second kappa shape index (κ2) is 11.0. The van der Waals surface area contributed by atoms with Crippen LogP contribution in [0.15, 0.2) is 23.2 Å². The molecule has 1 aromatic rings. The number of hydrogen-bond acceptors (Lipinski definition) is 5. The van der Waals surface area contributed by atoms with E-state index in [2.05, 4.69) is 28.9 Å². The Morgan fingerprint density at radius 3 is 2.83 bits per heavy atom. The van der Waals surface area contributed by atoms with Crippen LogP contribution in [0.3, 0.4) is 0 Å². The summed E-state index contributed by atoms with van der Waals surface area (Å²) in [4.78, 5) is 7.40. The number of hydrogen-bond donors (Lipinski definition) is 2. The lowest BCUT2D eigenvalue weighted by atomic mass is 9.87. The van der Waals surface area contributed by atoms with Crippen LogP contribution in [0.1, 0.15) is 44.6 Å². The molecule has 0 radical (unpaired) electrons. The second-order valence-electron chi connectivity index (χ2n) is 7.74. The van der Waals surface area contributed by atoms with Gasteiger partial charge in [-0.3, -0.25) is 0 Å². The van der Waals surface area contributed by atoms with E-state index in [1.807, 2.05) is 18.2 Å². The van der Waals surface area contributed by atoms with Crippen molar-refractivity contribution in [3.05, 3.63) is 23.8 Å². The van der Waals surface area contributed by atoms with Crippen LogP contribution in [0.5, 0.6) is 11.5 Å². The summed E-state index contributed by atoms with van der Waals surface area (Å²) in [7, 11) is 1.63. The Morgan fingerprint density at radius 1 is 1.28 bits per heavy atom. The molecule has 3 rings (SSSR count). The zero-order valence-electron chi connectivity index (χ0n) is 17.8. The van der Waals surface area contributed by atoms with E-state index < -0.39 is 0 Å². The van der Waals surface area contributed by atoms with Gasteiger partial charge in [-0.1, -0.05) is 25.3 Å². The smallest absolute Gasteiger partial charge is 0.194 e. The molecule has 1 aliphatic heterocycles. The van der Waals surface area contributed by atoms with Gasteiger partial charge in [0.05, 0.1) is 20.3 Å². The van der Waals surface area contributed by atoms with E-state index in [-0.39, 0.29) is 13.2 Å². The van der Waals surface area contributed by atoms with Crippen LogP contribution in [-0.4, -0.2) is 66.4 Å². The summed E-state index contributed by atoms with van der Waals surface area (Å²) in [6.07, 6.45) is 6.77. The molecule has 2 fully saturated rings. The van der Waals surface area contributed by atoms with Crippen LogP contribution in [0.4, 0.5) is 0 Å². The van der Waals surface area contributed by atoms with Gasteiger partial charge in [-0.25, -0.2) is 4.99 Å². The minimum atomic E-state index is -0.0170. The highest BCUT2D eigenvalue weighted by Crippen LogP contribution is 2.42. The predicted molar refractivity (Wildman–Crippen MR) is 120 cm³/mol. The lowest BCUT2D eigenvalue weighted by Gasteiger charge is -2.45. The molecular formula is C22H35N3O3S. The SMILES string of the molecule is CCNC(=NCc1ccc(OCCO)c(OC)c1)N1CCSC2(CCCCC2)C1. The van der Waals surface area contributed by atoms with E-state index in [0.717, 1.165) is 31.2 Å². The van der Waals surface area contributed by atoms with Crippen molar-refractivity contribution in [1.82, 2.24) is 10.2 Å². The summed E-state index contributed by atoms with van der Waals surface area (Å²) < 4.78 is 11.4. The summed E-state index contributed by atoms with van der Waals surface area (Å²) in [6, 6.07) is 5.87. The number of thioether (sulfide) groups is 1. The first-order valence-electron chi connectivity index (χ1n) is 10.8. The van der Waals surface area contributed by atoms with Crippen molar-refractivity contribution in [2.24, 2.45) is 4.99 Å². The topological polar surface area (TPSA) is 66.3 Å². The fraction of sp³-hybridized carbons (Fsp3) is 0.682. The standard InChI is InChI=1S/C22H35N3O3S/c1-3-23-21(25-11-14-29-22(17-25)9-5-4-6-10-22)24-16-18-7-8-19(28-13-12-26)20(15-18)27-2/h7-8,15,26H,3-6,9-14,16-17H2,1-2H3,(H,23,24). The Morgan fingerprint density at radius 2 is 2.10 bits per heavy atom. The first kappa shape index (κ1) is 22.1. The van der Waals surface area contributed by atoms with E-state index >= 15 is 0 Å². The summed E-state index contributed by atoms with van der Waals surface area (Å²) in [6.45, 7) is 5.98. The number of methoxy groups -OCH3 is 1. The molecule has 7 heteroatoms. The molecule has 2 N–H and O–H groups in total. The van der Waals surface area contributed by atoms with Gasteiger partial charge in [0.2, 0.25) is 0 Å². The molecule has 1 aromatic carbocycles. The zero-order chi connectivity index (χ0) is 20.5. The third-order valence-electron chi connectivity index (χ3n) is 5.64. The Bertz CT molecular complexity index is 672. The van der Waals surface area contributed by atoms with Crippen molar-refractivity contribution in [3.8, 4) is 11.5 Å². The molecule has 0 bridgehead atoms. The Kier molecular flexibility index (Phi) is 8.36. The van der Waals surface area contributed by atoms with Crippen molar-refractivity contribution < 1.29 is 14.6 Å². The van der Waals surface area contributed by atoms with E-state index in [4.69, 9.17) is 19.6 Å². The number of benzene rings is 1. The Hall–Kier alpha value is -1.60. The van der Waals surface area contributed by atoms with Gasteiger partial charge < -0.3 is 24.8 Å². The van der Waals surface area contributed by atoms with Gasteiger partial charge in [-0.2, -0.15) is 11.8 Å². The lowest BCUT2D eigenvalue weighted by Crippen LogP contribution is -2.53. The molecule has 6 nitrogen and oxygen atoms in total. The largest absolute Gasteiger partial charge is 0.493 e. The monoisotopic (exact) mass is 421 g/mol. The number of guanidine groups is 1. The average Bonchev–Trinajstić information content (AvgIpc) is 2.76. The van der Waals surface area contributed by atoms with Crippen LogP contribution in [-0.2, 0) is 6.54 Å². The number of aliphatic imine (C=N–C) groups is 1. The molecule has 0 aromatic heterocycles. The summed E-state index contributed by atoms with van der Waals surface area (Å²) in [5.74, 6) is 3.51. The van der Waals surface area contributed by atoms with Gasteiger partial charge in [-0.05, 0) is 37.5 Å². The van der Waals surface area contributed by atoms with Crippen molar-refractivity contribution in [1.29, 1.82) is 0 Å². The third kappa shape index (κ3) is 5.95. The van der Waals surface area contributed by atoms with Gasteiger partial charge in [0.15, 0.2) is 17.5 Å². The van der Waals surface area contributed by atoms with Gasteiger partial charge in [0.25, 0.3) is 0 Å². The number of ether oxygens (including phenoxy) is 2. The first-order chi connectivity index (χ1) is 14.2. The normalized spacial score (nSPS) is 19.3. The molecule has 29 heavy (non-hydrogen) atoms. The molecule has 1 aliphatic carbocycles. The first-order valence-corrected chi connectivity index (χ1v) is 11.8. The quantitative estimate of drug-likeness (QED) is 0.520. The maximum absolute atomic E-state index is 8.96. The highest BCUT2D eigenvalue weighted by Gasteiger charge is 2.38. The van der Waals surface area contributed by atoms with Gasteiger partial charge in [0, 0.05) is 30.1 Å². The number of aliphatic hydroxyl groups is 1. The third-order valence-corrected chi connectivity index (χ3v) is 7.17. The number of rotatable bonds is 7. The van der Waals surface area contributed by atoms with Gasteiger partial charge in [-0.15, -0.1) is 0 Å². The lowest BCUT2D eigenvalue weighted by molar-refractivity contribution is 0.196. The van der Waals surface area contributed by atoms with E-state index in [1.165, 1.54) is 37.9 Å². The van der Waals surface area contributed by atoms with Crippen molar-refractivity contribution in [2.75, 3.05) is 45.7 Å². The molecule has 2 aliphatic rings. The Balaban J connectivity index is 1.70. The summed E-state index contributed by atoms with van der Waals surface area (Å²) in [5.41, 5.74) is 1.08. The second-order valence-corrected chi connectivity index (χ2v) is 9.30. The van der Waals surface area contributed by atoms with Crippen LogP contribution in [0.25, 0.3) is 0 Å². The molecule has 0 amide bonds.